The molecule has 0 saturated carbocycles. The van der Waals surface area contributed by atoms with E-state index in [1.807, 2.05) is 12.1 Å². The van der Waals surface area contributed by atoms with E-state index < -0.39 is 0 Å². The third-order valence-electron chi connectivity index (χ3n) is 1.37. The number of hydrogen-bond acceptors (Lipinski definition) is 4. The fourth-order valence-corrected chi connectivity index (χ4v) is 1.11. The number of hydroxylamine groups is 1. The minimum atomic E-state index is 0.526. The van der Waals surface area contributed by atoms with Gasteiger partial charge in [0.15, 0.2) is 4.67 Å². The van der Waals surface area contributed by atoms with Crippen molar-refractivity contribution in [1.82, 2.24) is 5.48 Å². The molecule has 0 amide bonds. The number of hydrogen-bond donors (Lipinski definition) is 1. The molecule has 0 radical (unpaired) electrons. The highest BCUT2D eigenvalue weighted by Gasteiger charge is 1.97. The lowest BCUT2D eigenvalue weighted by molar-refractivity contribution is 0.000945. The second-order valence-corrected chi connectivity index (χ2v) is 3.15. The largest absolute Gasteiger partial charge is 0.453 e. The second-order valence-electron chi connectivity index (χ2n) is 2.37. The van der Waals surface area contributed by atoms with Crippen LogP contribution in [0.15, 0.2) is 21.2 Å². The van der Waals surface area contributed by atoms with Gasteiger partial charge < -0.3 is 9.15 Å². The average molecular weight is 250 g/mol. The van der Waals surface area contributed by atoms with Gasteiger partial charge in [-0.3, -0.25) is 4.84 Å². The zero-order chi connectivity index (χ0) is 9.52. The molecular formula is C8H12BrNO3. The molecule has 0 bridgehead atoms. The van der Waals surface area contributed by atoms with Crippen molar-refractivity contribution < 1.29 is 14.0 Å². The molecule has 1 aromatic heterocycles. The minimum absolute atomic E-state index is 0.526. The summed E-state index contributed by atoms with van der Waals surface area (Å²) in [4.78, 5) is 5.04. The summed E-state index contributed by atoms with van der Waals surface area (Å²) in [5.41, 5.74) is 2.76. The number of halogens is 1. The topological polar surface area (TPSA) is 43.6 Å². The fourth-order valence-electron chi connectivity index (χ4n) is 0.766. The second kappa shape index (κ2) is 6.15. The molecule has 0 fully saturated rings. The summed E-state index contributed by atoms with van der Waals surface area (Å²) in [5, 5.41) is 0. The first-order valence-corrected chi connectivity index (χ1v) is 4.70. The van der Waals surface area contributed by atoms with Crippen LogP contribution in [0.2, 0.25) is 0 Å². The third-order valence-corrected chi connectivity index (χ3v) is 1.79. The molecule has 13 heavy (non-hydrogen) atoms. The van der Waals surface area contributed by atoms with Crippen molar-refractivity contribution in [2.75, 3.05) is 20.3 Å². The third kappa shape index (κ3) is 4.42. The predicted molar refractivity (Wildman–Crippen MR) is 51.1 cm³/mol. The number of furan rings is 1. The Morgan fingerprint density at radius 2 is 2.31 bits per heavy atom. The van der Waals surface area contributed by atoms with Crippen LogP contribution in [0.25, 0.3) is 0 Å². The maximum absolute atomic E-state index is 5.23. The highest BCUT2D eigenvalue weighted by atomic mass is 79.9. The van der Waals surface area contributed by atoms with Crippen LogP contribution in [0.5, 0.6) is 0 Å². The lowest BCUT2D eigenvalue weighted by Gasteiger charge is -2.02. The molecule has 0 unspecified atom stereocenters. The SMILES string of the molecule is COCCONCc1ccc(Br)o1. The van der Waals surface area contributed by atoms with Crippen LogP contribution in [-0.2, 0) is 16.1 Å². The maximum atomic E-state index is 5.23. The summed E-state index contributed by atoms with van der Waals surface area (Å²) in [6.07, 6.45) is 0. The maximum Gasteiger partial charge on any atom is 0.169 e. The molecule has 1 N–H and O–H groups in total. The molecule has 5 heteroatoms. The van der Waals surface area contributed by atoms with E-state index in [0.29, 0.717) is 19.8 Å². The molecule has 0 atom stereocenters. The fraction of sp³-hybridized carbons (Fsp3) is 0.500. The van der Waals surface area contributed by atoms with Gasteiger partial charge in [-0.1, -0.05) is 0 Å². The molecule has 1 aromatic rings. The van der Waals surface area contributed by atoms with Crippen LogP contribution in [-0.4, -0.2) is 20.3 Å². The summed E-state index contributed by atoms with van der Waals surface area (Å²) in [7, 11) is 1.63. The Hall–Kier alpha value is -0.360. The van der Waals surface area contributed by atoms with Crippen molar-refractivity contribution in [3.05, 3.63) is 22.6 Å². The highest BCUT2D eigenvalue weighted by Crippen LogP contribution is 2.13. The normalized spacial score (nSPS) is 10.6. The van der Waals surface area contributed by atoms with Gasteiger partial charge in [0.05, 0.1) is 19.8 Å². The summed E-state index contributed by atoms with van der Waals surface area (Å²) >= 11 is 3.21. The van der Waals surface area contributed by atoms with Crippen LogP contribution in [0, 0.1) is 0 Å². The molecule has 4 nitrogen and oxygen atoms in total. The number of ether oxygens (including phenoxy) is 1. The number of rotatable bonds is 6. The average Bonchev–Trinajstić information content (AvgIpc) is 2.51. The van der Waals surface area contributed by atoms with Gasteiger partial charge in [0, 0.05) is 7.11 Å². The van der Waals surface area contributed by atoms with Gasteiger partial charge in [-0.05, 0) is 28.1 Å². The molecule has 0 aliphatic carbocycles. The van der Waals surface area contributed by atoms with Gasteiger partial charge in [-0.25, -0.2) is 0 Å². The Balaban J connectivity index is 2.06. The van der Waals surface area contributed by atoms with Gasteiger partial charge in [-0.15, -0.1) is 0 Å². The smallest absolute Gasteiger partial charge is 0.169 e. The van der Waals surface area contributed by atoms with Crippen LogP contribution in [0.4, 0.5) is 0 Å². The Morgan fingerprint density at radius 3 is 2.92 bits per heavy atom. The molecule has 0 aromatic carbocycles. The molecule has 1 rings (SSSR count). The Kier molecular flexibility index (Phi) is 5.07. The van der Waals surface area contributed by atoms with E-state index in [-0.39, 0.29) is 0 Å². The van der Waals surface area contributed by atoms with Gasteiger partial charge in [-0.2, -0.15) is 5.48 Å². The summed E-state index contributed by atoms with van der Waals surface area (Å²) in [6, 6.07) is 3.71. The van der Waals surface area contributed by atoms with E-state index in [4.69, 9.17) is 14.0 Å². The molecular weight excluding hydrogens is 238 g/mol. The summed E-state index contributed by atoms with van der Waals surface area (Å²) in [5.74, 6) is 0.823. The molecule has 74 valence electrons. The zero-order valence-electron chi connectivity index (χ0n) is 7.38. The predicted octanol–water partition coefficient (Wildman–Crippen LogP) is 1.71. The van der Waals surface area contributed by atoms with Gasteiger partial charge in [0.25, 0.3) is 0 Å². The molecule has 0 saturated heterocycles. The Bertz CT molecular complexity index is 239. The zero-order valence-corrected chi connectivity index (χ0v) is 8.96. The van der Waals surface area contributed by atoms with Crippen LogP contribution in [0.3, 0.4) is 0 Å². The van der Waals surface area contributed by atoms with Crippen LogP contribution >= 0.6 is 15.9 Å². The molecule has 0 aliphatic rings. The lowest BCUT2D eigenvalue weighted by Crippen LogP contribution is -2.16. The quantitative estimate of drug-likeness (QED) is 0.616. The first-order valence-electron chi connectivity index (χ1n) is 3.90. The van der Waals surface area contributed by atoms with Gasteiger partial charge in [0.1, 0.15) is 5.76 Å². The standard InChI is InChI=1S/C8H12BrNO3/c1-11-4-5-12-10-6-7-2-3-8(9)13-7/h2-3,10H,4-6H2,1H3. The first kappa shape index (κ1) is 10.7. The van der Waals surface area contributed by atoms with E-state index in [1.165, 1.54) is 0 Å². The molecule has 0 aliphatic heterocycles. The van der Waals surface area contributed by atoms with Crippen molar-refractivity contribution in [2.24, 2.45) is 0 Å². The van der Waals surface area contributed by atoms with E-state index in [1.54, 1.807) is 7.11 Å². The Morgan fingerprint density at radius 1 is 1.46 bits per heavy atom. The van der Waals surface area contributed by atoms with E-state index in [9.17, 15) is 0 Å². The van der Waals surface area contributed by atoms with E-state index in [2.05, 4.69) is 21.4 Å². The number of methoxy groups -OCH3 is 1. The monoisotopic (exact) mass is 249 g/mol. The van der Waals surface area contributed by atoms with Crippen molar-refractivity contribution >= 4 is 15.9 Å². The first-order chi connectivity index (χ1) is 6.33. The highest BCUT2D eigenvalue weighted by molar-refractivity contribution is 9.10. The molecule has 1 heterocycles. The van der Waals surface area contributed by atoms with Gasteiger partial charge >= 0.3 is 0 Å². The van der Waals surface area contributed by atoms with Gasteiger partial charge in [0.2, 0.25) is 0 Å². The van der Waals surface area contributed by atoms with Crippen molar-refractivity contribution in [3.63, 3.8) is 0 Å². The molecule has 0 spiro atoms. The summed E-state index contributed by atoms with van der Waals surface area (Å²) < 4.78 is 10.8. The van der Waals surface area contributed by atoms with Crippen LogP contribution in [0.1, 0.15) is 5.76 Å². The van der Waals surface area contributed by atoms with Crippen molar-refractivity contribution in [1.29, 1.82) is 0 Å². The van der Waals surface area contributed by atoms with Crippen LogP contribution < -0.4 is 5.48 Å². The van der Waals surface area contributed by atoms with E-state index >= 15 is 0 Å². The van der Waals surface area contributed by atoms with Crippen molar-refractivity contribution in [3.8, 4) is 0 Å². The van der Waals surface area contributed by atoms with Crippen molar-refractivity contribution in [2.45, 2.75) is 6.54 Å². The Labute approximate surface area is 85.3 Å². The number of nitrogens with one attached hydrogen (secondary N) is 1. The lowest BCUT2D eigenvalue weighted by atomic mass is 10.5. The minimum Gasteiger partial charge on any atom is -0.453 e. The summed E-state index contributed by atoms with van der Waals surface area (Å²) in [6.45, 7) is 1.66. The van der Waals surface area contributed by atoms with E-state index in [0.717, 1.165) is 10.4 Å².